The number of rotatable bonds is 6. The fourth-order valence-electron chi connectivity index (χ4n) is 3.49. The number of hydrogen-bond donors (Lipinski definition) is 0. The average Bonchev–Trinajstić information content (AvgIpc) is 2.87. The quantitative estimate of drug-likeness (QED) is 0.300. The maximum Gasteiger partial charge on any atom is 0.431 e. The van der Waals surface area contributed by atoms with E-state index in [1.54, 1.807) is 0 Å². The molecule has 0 spiro atoms. The van der Waals surface area contributed by atoms with Crippen LogP contribution in [0.1, 0.15) is 23.7 Å². The predicted octanol–water partition coefficient (Wildman–Crippen LogP) is 4.27. The summed E-state index contributed by atoms with van der Waals surface area (Å²) in [4.78, 5) is 38.4. The maximum absolute atomic E-state index is 15.0. The van der Waals surface area contributed by atoms with Gasteiger partial charge in [-0.05, 0) is 42.8 Å². The van der Waals surface area contributed by atoms with Crippen LogP contribution in [0.4, 0.5) is 23.2 Å². The van der Waals surface area contributed by atoms with Crippen molar-refractivity contribution in [2.75, 3.05) is 10.1 Å². The standard InChI is InChI=1S/C24H16Cl2F4N4O5S/c1-3-40(38,39)34(21(35)7-5-13-4-6-15(25)16(26)8-13)18-10-19(17(27)9-14(18)12-31)33-22(36)11-20(24(28,29)30)32(2)23(33)37/h4-11H,3H2,1-2H3/b7-5+. The van der Waals surface area contributed by atoms with Crippen molar-refractivity contribution in [2.45, 2.75) is 13.1 Å². The first kappa shape index (κ1) is 30.6. The molecule has 3 aromatic rings. The number of benzene rings is 2. The third-order valence-electron chi connectivity index (χ3n) is 5.46. The molecule has 0 fully saturated rings. The molecule has 3 rings (SSSR count). The zero-order valence-electron chi connectivity index (χ0n) is 20.3. The van der Waals surface area contributed by atoms with Gasteiger partial charge in [-0.25, -0.2) is 26.5 Å². The van der Waals surface area contributed by atoms with Crippen molar-refractivity contribution >= 4 is 50.9 Å². The van der Waals surface area contributed by atoms with E-state index in [-0.39, 0.29) is 29.6 Å². The first-order valence-electron chi connectivity index (χ1n) is 10.9. The van der Waals surface area contributed by atoms with Gasteiger partial charge in [0.2, 0.25) is 10.0 Å². The second-order valence-corrected chi connectivity index (χ2v) is 10.9. The number of carbonyl (C=O) groups is 1. The molecule has 16 heteroatoms. The van der Waals surface area contributed by atoms with E-state index in [4.69, 9.17) is 23.2 Å². The number of amides is 1. The van der Waals surface area contributed by atoms with Crippen LogP contribution >= 0.6 is 23.2 Å². The highest BCUT2D eigenvalue weighted by molar-refractivity contribution is 7.93. The van der Waals surface area contributed by atoms with Crippen LogP contribution in [0.3, 0.4) is 0 Å². The molecule has 2 aromatic carbocycles. The molecule has 0 bridgehead atoms. The largest absolute Gasteiger partial charge is 0.431 e. The summed E-state index contributed by atoms with van der Waals surface area (Å²) in [7, 11) is -3.85. The van der Waals surface area contributed by atoms with Crippen molar-refractivity contribution in [3.63, 3.8) is 0 Å². The summed E-state index contributed by atoms with van der Waals surface area (Å²) in [6.45, 7) is 1.17. The first-order chi connectivity index (χ1) is 18.5. The number of aromatic nitrogens is 2. The molecule has 40 heavy (non-hydrogen) atoms. The van der Waals surface area contributed by atoms with E-state index < -0.39 is 67.6 Å². The van der Waals surface area contributed by atoms with Crippen LogP contribution < -0.4 is 15.6 Å². The van der Waals surface area contributed by atoms with E-state index in [0.29, 0.717) is 24.7 Å². The average molecular weight is 619 g/mol. The molecule has 0 saturated heterocycles. The molecule has 0 aliphatic carbocycles. The van der Waals surface area contributed by atoms with Gasteiger partial charge in [-0.3, -0.25) is 14.2 Å². The van der Waals surface area contributed by atoms with E-state index in [2.05, 4.69) is 0 Å². The van der Waals surface area contributed by atoms with Gasteiger partial charge in [-0.15, -0.1) is 0 Å². The molecular formula is C24H16Cl2F4N4O5S. The van der Waals surface area contributed by atoms with Crippen LogP contribution in [0, 0.1) is 17.1 Å². The Balaban J connectivity index is 2.29. The zero-order valence-corrected chi connectivity index (χ0v) is 22.7. The van der Waals surface area contributed by atoms with Gasteiger partial charge in [0.25, 0.3) is 11.5 Å². The Bertz CT molecular complexity index is 1830. The van der Waals surface area contributed by atoms with Gasteiger partial charge in [0.15, 0.2) is 0 Å². The Morgan fingerprint density at radius 3 is 2.33 bits per heavy atom. The Labute approximate surface area is 233 Å². The fraction of sp³-hybridized carbons (Fsp3) is 0.167. The molecular weight excluding hydrogens is 603 g/mol. The smallest absolute Gasteiger partial charge is 0.292 e. The minimum atomic E-state index is -5.10. The number of nitrogens with zero attached hydrogens (tertiary/aromatic N) is 4. The van der Waals surface area contributed by atoms with E-state index in [1.165, 1.54) is 37.3 Å². The lowest BCUT2D eigenvalue weighted by atomic mass is 10.1. The second-order valence-electron chi connectivity index (χ2n) is 7.99. The van der Waals surface area contributed by atoms with Gasteiger partial charge in [-0.2, -0.15) is 18.4 Å². The Morgan fingerprint density at radius 2 is 1.77 bits per heavy atom. The summed E-state index contributed by atoms with van der Waals surface area (Å²) in [5, 5.41) is 9.91. The van der Waals surface area contributed by atoms with Crippen LogP contribution in [-0.4, -0.2) is 29.2 Å². The SMILES string of the molecule is CCS(=O)(=O)N(C(=O)/C=C/c1ccc(Cl)c(Cl)c1)c1cc(-n2c(=O)cc(C(F)(F)F)n(C)c2=O)c(F)cc1C#N. The van der Waals surface area contributed by atoms with Crippen LogP contribution in [0.25, 0.3) is 11.8 Å². The molecule has 0 atom stereocenters. The van der Waals surface area contributed by atoms with Gasteiger partial charge in [-0.1, -0.05) is 29.3 Å². The molecule has 1 amide bonds. The lowest BCUT2D eigenvalue weighted by Crippen LogP contribution is -2.41. The van der Waals surface area contributed by atoms with Gasteiger partial charge in [0, 0.05) is 19.2 Å². The molecule has 0 N–H and O–H groups in total. The van der Waals surface area contributed by atoms with Gasteiger partial charge < -0.3 is 0 Å². The highest BCUT2D eigenvalue weighted by Crippen LogP contribution is 2.30. The van der Waals surface area contributed by atoms with Gasteiger partial charge in [0.1, 0.15) is 17.6 Å². The van der Waals surface area contributed by atoms with Gasteiger partial charge in [0.05, 0.1) is 32.7 Å². The highest BCUT2D eigenvalue weighted by Gasteiger charge is 2.36. The summed E-state index contributed by atoms with van der Waals surface area (Å²) < 4.78 is 80.9. The van der Waals surface area contributed by atoms with E-state index in [9.17, 15) is 41.2 Å². The molecule has 210 valence electrons. The van der Waals surface area contributed by atoms with Crippen LogP contribution in [0.2, 0.25) is 10.0 Å². The number of sulfonamides is 1. The molecule has 0 aliphatic heterocycles. The summed E-state index contributed by atoms with van der Waals surface area (Å²) in [5.74, 6) is -3.35. The Morgan fingerprint density at radius 1 is 1.12 bits per heavy atom. The molecule has 1 aromatic heterocycles. The summed E-state index contributed by atoms with van der Waals surface area (Å²) in [6, 6.07) is 6.81. The molecule has 0 aliphatic rings. The number of anilines is 1. The molecule has 1 heterocycles. The minimum Gasteiger partial charge on any atom is -0.292 e. The van der Waals surface area contributed by atoms with E-state index >= 15 is 4.39 Å². The van der Waals surface area contributed by atoms with Crippen LogP contribution in [0.15, 0.2) is 52.1 Å². The number of alkyl halides is 3. The maximum atomic E-state index is 15.0. The Kier molecular flexibility index (Phi) is 8.63. The number of hydrogen-bond acceptors (Lipinski definition) is 6. The summed E-state index contributed by atoms with van der Waals surface area (Å²) in [5.41, 5.74) is -6.94. The van der Waals surface area contributed by atoms with Crippen molar-refractivity contribution in [2.24, 2.45) is 7.05 Å². The van der Waals surface area contributed by atoms with Crippen molar-refractivity contribution in [1.82, 2.24) is 9.13 Å². The number of halogens is 6. The lowest BCUT2D eigenvalue weighted by Gasteiger charge is -2.23. The zero-order chi connectivity index (χ0) is 30.2. The first-order valence-corrected chi connectivity index (χ1v) is 13.2. The molecule has 0 radical (unpaired) electrons. The highest BCUT2D eigenvalue weighted by atomic mass is 35.5. The minimum absolute atomic E-state index is 0.0159. The molecule has 9 nitrogen and oxygen atoms in total. The van der Waals surface area contributed by atoms with Crippen molar-refractivity contribution in [3.05, 3.63) is 96.0 Å². The van der Waals surface area contributed by atoms with Crippen molar-refractivity contribution in [3.8, 4) is 11.8 Å². The summed E-state index contributed by atoms with van der Waals surface area (Å²) >= 11 is 11.8. The normalized spacial score (nSPS) is 12.0. The topological polar surface area (TPSA) is 122 Å². The van der Waals surface area contributed by atoms with E-state index in [0.717, 1.165) is 6.08 Å². The lowest BCUT2D eigenvalue weighted by molar-refractivity contribution is -0.144. The van der Waals surface area contributed by atoms with Gasteiger partial charge >= 0.3 is 11.9 Å². The van der Waals surface area contributed by atoms with E-state index in [1.807, 2.05) is 0 Å². The molecule has 0 unspecified atom stereocenters. The third-order valence-corrected chi connectivity index (χ3v) is 7.86. The predicted molar refractivity (Wildman–Crippen MR) is 139 cm³/mol. The van der Waals surface area contributed by atoms with Crippen LogP contribution in [0.5, 0.6) is 0 Å². The second kappa shape index (κ2) is 11.3. The van der Waals surface area contributed by atoms with Crippen molar-refractivity contribution in [1.29, 1.82) is 5.26 Å². The van der Waals surface area contributed by atoms with Crippen LogP contribution in [-0.2, 0) is 28.0 Å². The molecule has 0 saturated carbocycles. The Hall–Kier alpha value is -3.93. The monoisotopic (exact) mass is 618 g/mol. The number of nitriles is 1. The van der Waals surface area contributed by atoms with Crippen molar-refractivity contribution < 1.29 is 30.8 Å². The summed E-state index contributed by atoms with van der Waals surface area (Å²) in [6.07, 6.45) is -3.12. The number of carbonyl (C=O) groups excluding carboxylic acids is 1. The third kappa shape index (κ3) is 5.96. The fourth-order valence-corrected chi connectivity index (χ4v) is 4.84.